The fraction of sp³-hybridized carbons (Fsp3) is 0.714. The molecule has 0 amide bonds. The highest BCUT2D eigenvalue weighted by atomic mass is 79.9. The zero-order valence-electron chi connectivity index (χ0n) is 5.52. The first-order valence-corrected chi connectivity index (χ1v) is 4.22. The lowest BCUT2D eigenvalue weighted by Gasteiger charge is -2.10. The van der Waals surface area contributed by atoms with Crippen molar-refractivity contribution in [2.45, 2.75) is 11.2 Å². The number of hydrogen-bond donors (Lipinski definition) is 0. The van der Waals surface area contributed by atoms with Crippen LogP contribution in [0.25, 0.3) is 0 Å². The zero-order valence-corrected chi connectivity index (χ0v) is 7.10. The first-order chi connectivity index (χ1) is 4.33. The summed E-state index contributed by atoms with van der Waals surface area (Å²) in [5.41, 5.74) is 0. The molecule has 1 aliphatic heterocycles. The molecule has 52 valence electrons. The molecule has 0 aromatic heterocycles. The fourth-order valence-electron chi connectivity index (χ4n) is 1.13. The summed E-state index contributed by atoms with van der Waals surface area (Å²) in [6, 6.07) is 0. The van der Waals surface area contributed by atoms with Crippen molar-refractivity contribution < 1.29 is 0 Å². The van der Waals surface area contributed by atoms with Gasteiger partial charge in [0.1, 0.15) is 0 Å². The van der Waals surface area contributed by atoms with E-state index >= 15 is 0 Å². The normalized spacial score (nSPS) is 28.8. The molecule has 1 saturated heterocycles. The van der Waals surface area contributed by atoms with Gasteiger partial charge in [-0.15, -0.1) is 6.58 Å². The van der Waals surface area contributed by atoms with Crippen molar-refractivity contribution in [3.05, 3.63) is 12.7 Å². The maximum atomic E-state index is 3.69. The van der Waals surface area contributed by atoms with Crippen LogP contribution in [0.4, 0.5) is 0 Å². The molecule has 0 bridgehead atoms. The summed E-state index contributed by atoms with van der Waals surface area (Å²) in [7, 11) is 0. The Morgan fingerprint density at radius 1 is 1.78 bits per heavy atom. The summed E-state index contributed by atoms with van der Waals surface area (Å²) < 4.78 is 0. The molecule has 2 heteroatoms. The number of rotatable bonds is 2. The van der Waals surface area contributed by atoms with Crippen molar-refractivity contribution in [1.29, 1.82) is 0 Å². The molecule has 1 rings (SSSR count). The minimum atomic E-state index is 0.720. The molecule has 1 unspecified atom stereocenters. The van der Waals surface area contributed by atoms with Crippen LogP contribution in [0.1, 0.15) is 6.42 Å². The summed E-state index contributed by atoms with van der Waals surface area (Å²) in [6.45, 7) is 7.15. The van der Waals surface area contributed by atoms with E-state index in [1.807, 2.05) is 6.08 Å². The smallest absolute Gasteiger partial charge is 0.0285 e. The highest BCUT2D eigenvalue weighted by Crippen LogP contribution is 2.15. The molecule has 1 atom stereocenters. The van der Waals surface area contributed by atoms with Gasteiger partial charge in [0, 0.05) is 17.9 Å². The Balaban J connectivity index is 2.21. The molecule has 9 heavy (non-hydrogen) atoms. The molecular formula is C7H12BrN. The van der Waals surface area contributed by atoms with E-state index in [0.717, 1.165) is 11.4 Å². The van der Waals surface area contributed by atoms with Crippen molar-refractivity contribution in [3.63, 3.8) is 0 Å². The van der Waals surface area contributed by atoms with E-state index in [0.29, 0.717) is 0 Å². The Morgan fingerprint density at radius 3 is 3.00 bits per heavy atom. The van der Waals surface area contributed by atoms with Crippen LogP contribution in [0.2, 0.25) is 0 Å². The Labute approximate surface area is 64.9 Å². The molecule has 0 aromatic rings. The van der Waals surface area contributed by atoms with Gasteiger partial charge in [-0.1, -0.05) is 22.0 Å². The van der Waals surface area contributed by atoms with Gasteiger partial charge in [0.05, 0.1) is 0 Å². The highest BCUT2D eigenvalue weighted by Gasteiger charge is 2.17. The third-order valence-corrected chi connectivity index (χ3v) is 2.35. The first kappa shape index (κ1) is 7.29. The minimum absolute atomic E-state index is 0.720. The molecule has 1 fully saturated rings. The lowest BCUT2D eigenvalue weighted by Crippen LogP contribution is -2.20. The molecule has 1 aliphatic rings. The molecule has 1 heterocycles. The average molecular weight is 190 g/mol. The van der Waals surface area contributed by atoms with Gasteiger partial charge in [-0.05, 0) is 13.0 Å². The number of halogens is 1. The number of alkyl halides is 1. The summed E-state index contributed by atoms with van der Waals surface area (Å²) in [5.74, 6) is 0. The third-order valence-electron chi connectivity index (χ3n) is 1.60. The second kappa shape index (κ2) is 3.37. The summed E-state index contributed by atoms with van der Waals surface area (Å²) >= 11 is 3.57. The van der Waals surface area contributed by atoms with Gasteiger partial charge in [-0.2, -0.15) is 0 Å². The van der Waals surface area contributed by atoms with Gasteiger partial charge < -0.3 is 0 Å². The van der Waals surface area contributed by atoms with Crippen LogP contribution in [-0.4, -0.2) is 29.4 Å². The second-order valence-electron chi connectivity index (χ2n) is 2.43. The molecule has 0 spiro atoms. The standard InChI is InChI=1S/C7H12BrN/c1-2-4-9-5-3-7(8)6-9/h2,7H,1,3-6H2. The zero-order chi connectivity index (χ0) is 6.69. The van der Waals surface area contributed by atoms with Crippen molar-refractivity contribution in [2.24, 2.45) is 0 Å². The van der Waals surface area contributed by atoms with Crippen LogP contribution in [0, 0.1) is 0 Å². The molecule has 1 nitrogen and oxygen atoms in total. The molecule has 0 radical (unpaired) electrons. The van der Waals surface area contributed by atoms with Gasteiger partial charge >= 0.3 is 0 Å². The van der Waals surface area contributed by atoms with E-state index in [-0.39, 0.29) is 0 Å². The maximum Gasteiger partial charge on any atom is 0.0285 e. The van der Waals surface area contributed by atoms with Gasteiger partial charge in [-0.3, -0.25) is 4.90 Å². The molecule has 0 aromatic carbocycles. The van der Waals surface area contributed by atoms with E-state index in [2.05, 4.69) is 27.4 Å². The number of nitrogens with zero attached hydrogens (tertiary/aromatic N) is 1. The highest BCUT2D eigenvalue weighted by molar-refractivity contribution is 9.09. The van der Waals surface area contributed by atoms with E-state index in [9.17, 15) is 0 Å². The van der Waals surface area contributed by atoms with Crippen LogP contribution in [0.15, 0.2) is 12.7 Å². The maximum absolute atomic E-state index is 3.69. The molecule has 0 N–H and O–H groups in total. The van der Waals surface area contributed by atoms with E-state index in [1.165, 1.54) is 19.5 Å². The van der Waals surface area contributed by atoms with E-state index in [1.54, 1.807) is 0 Å². The fourth-order valence-corrected chi connectivity index (χ4v) is 1.75. The van der Waals surface area contributed by atoms with Gasteiger partial charge in [0.2, 0.25) is 0 Å². The predicted octanol–water partition coefficient (Wildman–Crippen LogP) is 1.64. The Bertz CT molecular complexity index is 103. The SMILES string of the molecule is C=CCN1CCC(Br)C1. The van der Waals surface area contributed by atoms with E-state index in [4.69, 9.17) is 0 Å². The largest absolute Gasteiger partial charge is 0.299 e. The van der Waals surface area contributed by atoms with E-state index < -0.39 is 0 Å². The van der Waals surface area contributed by atoms with Crippen molar-refractivity contribution >= 4 is 15.9 Å². The quantitative estimate of drug-likeness (QED) is 0.472. The van der Waals surface area contributed by atoms with Crippen LogP contribution in [-0.2, 0) is 0 Å². The Hall–Kier alpha value is 0.180. The summed E-state index contributed by atoms with van der Waals surface area (Å²) in [5, 5.41) is 0. The topological polar surface area (TPSA) is 3.24 Å². The van der Waals surface area contributed by atoms with Gasteiger partial charge in [-0.25, -0.2) is 0 Å². The minimum Gasteiger partial charge on any atom is -0.299 e. The predicted molar refractivity (Wildman–Crippen MR) is 44.0 cm³/mol. The van der Waals surface area contributed by atoms with Gasteiger partial charge in [0.15, 0.2) is 0 Å². The number of likely N-dealkylation sites (tertiary alicyclic amines) is 1. The lowest BCUT2D eigenvalue weighted by atomic mass is 10.4. The third kappa shape index (κ3) is 2.11. The summed E-state index contributed by atoms with van der Waals surface area (Å²) in [4.78, 5) is 3.12. The first-order valence-electron chi connectivity index (χ1n) is 3.30. The van der Waals surface area contributed by atoms with Crippen molar-refractivity contribution in [2.75, 3.05) is 19.6 Å². The number of hydrogen-bond acceptors (Lipinski definition) is 1. The lowest BCUT2D eigenvalue weighted by molar-refractivity contribution is 0.379. The van der Waals surface area contributed by atoms with Crippen LogP contribution in [0.3, 0.4) is 0 Å². The monoisotopic (exact) mass is 189 g/mol. The van der Waals surface area contributed by atoms with Crippen LogP contribution < -0.4 is 0 Å². The van der Waals surface area contributed by atoms with Crippen molar-refractivity contribution in [3.8, 4) is 0 Å². The molecule has 0 aliphatic carbocycles. The Morgan fingerprint density at radius 2 is 2.56 bits per heavy atom. The summed E-state index contributed by atoms with van der Waals surface area (Å²) in [6.07, 6.45) is 3.25. The average Bonchev–Trinajstić information content (AvgIpc) is 2.17. The Kier molecular flexibility index (Phi) is 2.73. The van der Waals surface area contributed by atoms with Crippen molar-refractivity contribution in [1.82, 2.24) is 4.90 Å². The molecular weight excluding hydrogens is 178 g/mol. The molecule has 0 saturated carbocycles. The van der Waals surface area contributed by atoms with Crippen LogP contribution in [0.5, 0.6) is 0 Å². The van der Waals surface area contributed by atoms with Crippen LogP contribution >= 0.6 is 15.9 Å². The second-order valence-corrected chi connectivity index (χ2v) is 3.73. The van der Waals surface area contributed by atoms with Gasteiger partial charge in [0.25, 0.3) is 0 Å².